The standard InChI is InChI=1S/C19H22FN3O3S/c1-11-4-3-9-23(15(11)10-21-19(25)26)18(24)16-17(27-12(2)22-16)13-5-7-14(20)8-6-13/h5-8,11,15,21H,3-4,9-10H2,1-2H3,(H,25,26)/t11-,15+/m1/s1. The van der Waals surface area contributed by atoms with Gasteiger partial charge in [-0.15, -0.1) is 11.3 Å². The Balaban J connectivity index is 1.92. The molecular weight excluding hydrogens is 369 g/mol. The molecule has 2 aromatic rings. The van der Waals surface area contributed by atoms with Crippen molar-refractivity contribution in [3.05, 3.63) is 40.8 Å². The molecule has 0 spiro atoms. The number of benzene rings is 1. The zero-order valence-corrected chi connectivity index (χ0v) is 16.1. The Morgan fingerprint density at radius 1 is 1.37 bits per heavy atom. The van der Waals surface area contributed by atoms with E-state index in [1.54, 1.807) is 17.0 Å². The smallest absolute Gasteiger partial charge is 0.404 e. The van der Waals surface area contributed by atoms with E-state index in [1.807, 2.05) is 13.8 Å². The van der Waals surface area contributed by atoms with Crippen LogP contribution in [0.25, 0.3) is 10.4 Å². The second kappa shape index (κ2) is 8.04. The van der Waals surface area contributed by atoms with Gasteiger partial charge in [-0.05, 0) is 43.4 Å². The quantitative estimate of drug-likeness (QED) is 0.831. The van der Waals surface area contributed by atoms with E-state index >= 15 is 0 Å². The van der Waals surface area contributed by atoms with E-state index in [4.69, 9.17) is 5.11 Å². The van der Waals surface area contributed by atoms with Crippen molar-refractivity contribution in [3.8, 4) is 10.4 Å². The van der Waals surface area contributed by atoms with Crippen LogP contribution in [0.1, 0.15) is 35.3 Å². The van der Waals surface area contributed by atoms with Crippen molar-refractivity contribution in [1.82, 2.24) is 15.2 Å². The summed E-state index contributed by atoms with van der Waals surface area (Å²) in [6.07, 6.45) is 0.707. The number of rotatable bonds is 4. The monoisotopic (exact) mass is 391 g/mol. The average Bonchev–Trinajstić information content (AvgIpc) is 3.02. The van der Waals surface area contributed by atoms with Crippen LogP contribution in [0, 0.1) is 18.7 Å². The number of amides is 2. The van der Waals surface area contributed by atoms with Gasteiger partial charge in [-0.1, -0.05) is 19.1 Å². The molecule has 8 heteroatoms. The normalized spacial score (nSPS) is 19.7. The second-order valence-electron chi connectivity index (χ2n) is 6.79. The van der Waals surface area contributed by atoms with Crippen LogP contribution in [0.4, 0.5) is 9.18 Å². The molecule has 0 bridgehead atoms. The van der Waals surface area contributed by atoms with Crippen LogP contribution in [0.15, 0.2) is 24.3 Å². The number of carboxylic acid groups (broad SMARTS) is 1. The van der Waals surface area contributed by atoms with Crippen LogP contribution in [0.3, 0.4) is 0 Å². The van der Waals surface area contributed by atoms with E-state index in [0.29, 0.717) is 17.1 Å². The van der Waals surface area contributed by atoms with E-state index in [9.17, 15) is 14.0 Å². The first kappa shape index (κ1) is 19.3. The summed E-state index contributed by atoms with van der Waals surface area (Å²) in [7, 11) is 0. The van der Waals surface area contributed by atoms with Crippen molar-refractivity contribution >= 4 is 23.3 Å². The highest BCUT2D eigenvalue weighted by molar-refractivity contribution is 7.15. The van der Waals surface area contributed by atoms with Crippen molar-refractivity contribution < 1.29 is 19.1 Å². The highest BCUT2D eigenvalue weighted by Crippen LogP contribution is 2.33. The molecule has 2 amide bonds. The Kier molecular flexibility index (Phi) is 5.74. The molecule has 144 valence electrons. The van der Waals surface area contributed by atoms with Gasteiger partial charge < -0.3 is 15.3 Å². The van der Waals surface area contributed by atoms with E-state index < -0.39 is 6.09 Å². The van der Waals surface area contributed by atoms with Gasteiger partial charge in [0.1, 0.15) is 11.5 Å². The number of carbonyl (C=O) groups is 2. The highest BCUT2D eigenvalue weighted by Gasteiger charge is 2.34. The van der Waals surface area contributed by atoms with Crippen LogP contribution < -0.4 is 5.32 Å². The summed E-state index contributed by atoms with van der Waals surface area (Å²) in [5.74, 6) is -0.358. The van der Waals surface area contributed by atoms with Crippen molar-refractivity contribution in [2.24, 2.45) is 5.92 Å². The van der Waals surface area contributed by atoms with Gasteiger partial charge in [-0.25, -0.2) is 14.2 Å². The van der Waals surface area contributed by atoms with Crippen LogP contribution in [0.2, 0.25) is 0 Å². The third-order valence-electron chi connectivity index (χ3n) is 4.88. The van der Waals surface area contributed by atoms with Crippen molar-refractivity contribution in [3.63, 3.8) is 0 Å². The third-order valence-corrected chi connectivity index (χ3v) is 5.90. The van der Waals surface area contributed by atoms with Gasteiger partial charge in [0.15, 0.2) is 0 Å². The molecule has 1 aliphatic heterocycles. The summed E-state index contributed by atoms with van der Waals surface area (Å²) >= 11 is 1.40. The van der Waals surface area contributed by atoms with Gasteiger partial charge in [0.25, 0.3) is 5.91 Å². The first-order valence-electron chi connectivity index (χ1n) is 8.88. The van der Waals surface area contributed by atoms with E-state index in [0.717, 1.165) is 23.4 Å². The summed E-state index contributed by atoms with van der Waals surface area (Å²) < 4.78 is 13.3. The van der Waals surface area contributed by atoms with E-state index in [1.165, 1.54) is 23.5 Å². The summed E-state index contributed by atoms with van der Waals surface area (Å²) in [4.78, 5) is 31.1. The van der Waals surface area contributed by atoms with E-state index in [-0.39, 0.29) is 30.2 Å². The molecule has 2 atom stereocenters. The lowest BCUT2D eigenvalue weighted by atomic mass is 9.90. The number of hydrogen-bond acceptors (Lipinski definition) is 4. The molecule has 1 saturated heterocycles. The van der Waals surface area contributed by atoms with Crippen molar-refractivity contribution in [2.75, 3.05) is 13.1 Å². The zero-order chi connectivity index (χ0) is 19.6. The highest BCUT2D eigenvalue weighted by atomic mass is 32.1. The Morgan fingerprint density at radius 3 is 2.74 bits per heavy atom. The summed E-state index contributed by atoms with van der Waals surface area (Å²) in [6.45, 7) is 4.61. The first-order valence-corrected chi connectivity index (χ1v) is 9.69. The Labute approximate surface area is 161 Å². The fraction of sp³-hybridized carbons (Fsp3) is 0.421. The molecule has 2 N–H and O–H groups in total. The minimum atomic E-state index is -1.10. The topological polar surface area (TPSA) is 82.5 Å². The maximum absolute atomic E-state index is 13.3. The Morgan fingerprint density at radius 2 is 2.07 bits per heavy atom. The van der Waals surface area contributed by atoms with Crippen LogP contribution >= 0.6 is 11.3 Å². The lowest BCUT2D eigenvalue weighted by Crippen LogP contribution is -2.53. The molecule has 0 saturated carbocycles. The van der Waals surface area contributed by atoms with Gasteiger partial charge in [-0.3, -0.25) is 4.79 Å². The Hall–Kier alpha value is -2.48. The number of carbonyl (C=O) groups excluding carboxylic acids is 1. The molecule has 27 heavy (non-hydrogen) atoms. The predicted molar refractivity (Wildman–Crippen MR) is 101 cm³/mol. The first-order chi connectivity index (χ1) is 12.9. The largest absolute Gasteiger partial charge is 0.465 e. The van der Waals surface area contributed by atoms with Gasteiger partial charge >= 0.3 is 6.09 Å². The number of aromatic nitrogens is 1. The summed E-state index contributed by atoms with van der Waals surface area (Å²) in [6, 6.07) is 5.79. The predicted octanol–water partition coefficient (Wildman–Crippen LogP) is 3.77. The second-order valence-corrected chi connectivity index (χ2v) is 7.99. The van der Waals surface area contributed by atoms with Crippen molar-refractivity contribution in [2.45, 2.75) is 32.7 Å². The number of aryl methyl sites for hydroxylation is 1. The third kappa shape index (κ3) is 4.27. The SMILES string of the molecule is Cc1nc(C(=O)N2CCC[C@@H](C)[C@@H]2CNC(=O)O)c(-c2ccc(F)cc2)s1. The minimum Gasteiger partial charge on any atom is -0.465 e. The van der Waals surface area contributed by atoms with Gasteiger partial charge in [0.05, 0.1) is 15.9 Å². The van der Waals surface area contributed by atoms with Crippen molar-refractivity contribution in [1.29, 1.82) is 0 Å². The van der Waals surface area contributed by atoms with Gasteiger partial charge in [-0.2, -0.15) is 0 Å². The molecule has 1 aromatic heterocycles. The molecule has 0 aliphatic carbocycles. The maximum atomic E-state index is 13.3. The van der Waals surface area contributed by atoms with Crippen LogP contribution in [-0.4, -0.2) is 46.1 Å². The number of nitrogens with one attached hydrogen (secondary N) is 1. The molecule has 1 aromatic carbocycles. The molecular formula is C19H22FN3O3S. The number of piperidine rings is 1. The number of halogens is 1. The lowest BCUT2D eigenvalue weighted by molar-refractivity contribution is 0.0510. The lowest BCUT2D eigenvalue weighted by Gasteiger charge is -2.39. The van der Waals surface area contributed by atoms with Gasteiger partial charge in [0.2, 0.25) is 0 Å². The zero-order valence-electron chi connectivity index (χ0n) is 15.2. The van der Waals surface area contributed by atoms with Crippen LogP contribution in [-0.2, 0) is 0 Å². The molecule has 0 radical (unpaired) electrons. The minimum absolute atomic E-state index is 0.184. The van der Waals surface area contributed by atoms with Crippen LogP contribution in [0.5, 0.6) is 0 Å². The maximum Gasteiger partial charge on any atom is 0.404 e. The fourth-order valence-corrected chi connectivity index (χ4v) is 4.43. The summed E-state index contributed by atoms with van der Waals surface area (Å²) in [5.41, 5.74) is 1.09. The number of hydrogen-bond donors (Lipinski definition) is 2. The number of nitrogens with zero attached hydrogens (tertiary/aromatic N) is 2. The molecule has 6 nitrogen and oxygen atoms in total. The summed E-state index contributed by atoms with van der Waals surface area (Å²) in [5, 5.41) is 12.1. The number of likely N-dealkylation sites (tertiary alicyclic amines) is 1. The molecule has 1 fully saturated rings. The molecule has 1 aliphatic rings. The molecule has 3 rings (SSSR count). The number of thiazole rings is 1. The Bertz CT molecular complexity index is 837. The average molecular weight is 391 g/mol. The van der Waals surface area contributed by atoms with Gasteiger partial charge in [0, 0.05) is 13.1 Å². The fourth-order valence-electron chi connectivity index (χ4n) is 3.51. The molecule has 2 heterocycles. The van der Waals surface area contributed by atoms with E-state index in [2.05, 4.69) is 10.3 Å². The molecule has 0 unspecified atom stereocenters.